The van der Waals surface area contributed by atoms with Crippen molar-refractivity contribution in [3.05, 3.63) is 71.7 Å². The second kappa shape index (κ2) is 8.49. The summed E-state index contributed by atoms with van der Waals surface area (Å²) in [5.74, 6) is -0.254. The molecule has 0 radical (unpaired) electrons. The predicted molar refractivity (Wildman–Crippen MR) is 104 cm³/mol. The highest BCUT2D eigenvalue weighted by atomic mass is 16.2. The number of hydrogen-bond donors (Lipinski definition) is 2. The largest absolute Gasteiger partial charge is 0.356 e. The molecule has 3 aromatic rings. The third-order valence-corrected chi connectivity index (χ3v) is 4.36. The number of nitrogens with zero attached hydrogens (tertiary/aromatic N) is 2. The number of hydrogen-bond acceptors (Lipinski definition) is 3. The molecule has 27 heavy (non-hydrogen) atoms. The van der Waals surface area contributed by atoms with Gasteiger partial charge in [-0.25, -0.2) is 4.98 Å². The van der Waals surface area contributed by atoms with Crippen LogP contribution in [-0.4, -0.2) is 27.7 Å². The number of aryl methyl sites for hydroxylation is 1. The number of benzene rings is 1. The fraction of sp³-hybridized carbons (Fsp3) is 0.286. The molecule has 6 heteroatoms. The average molecular weight is 364 g/mol. The zero-order valence-corrected chi connectivity index (χ0v) is 15.6. The topological polar surface area (TPSA) is 75.5 Å². The monoisotopic (exact) mass is 364 g/mol. The first-order valence-electron chi connectivity index (χ1n) is 9.04. The summed E-state index contributed by atoms with van der Waals surface area (Å²) in [5, 5.41) is 5.78. The molecule has 0 saturated carbocycles. The number of rotatable bonds is 7. The molecule has 0 aliphatic carbocycles. The predicted octanol–water partition coefficient (Wildman–Crippen LogP) is 2.57. The number of pyridine rings is 1. The second-order valence-corrected chi connectivity index (χ2v) is 6.67. The summed E-state index contributed by atoms with van der Waals surface area (Å²) < 4.78 is 1.96. The number of carbonyl (C=O) groups is 2. The van der Waals surface area contributed by atoms with E-state index in [1.165, 1.54) is 6.92 Å². The van der Waals surface area contributed by atoms with Gasteiger partial charge < -0.3 is 15.0 Å². The first-order chi connectivity index (χ1) is 13.0. The number of fused-ring (bicyclic) bond motifs is 1. The van der Waals surface area contributed by atoms with E-state index in [-0.39, 0.29) is 24.3 Å². The van der Waals surface area contributed by atoms with E-state index in [9.17, 15) is 9.59 Å². The van der Waals surface area contributed by atoms with Crippen molar-refractivity contribution in [1.29, 1.82) is 0 Å². The van der Waals surface area contributed by atoms with Crippen LogP contribution in [0.4, 0.5) is 0 Å². The summed E-state index contributed by atoms with van der Waals surface area (Å²) in [7, 11) is 0. The molecule has 2 heterocycles. The van der Waals surface area contributed by atoms with Crippen LogP contribution in [0.3, 0.4) is 0 Å². The Labute approximate surface area is 158 Å². The van der Waals surface area contributed by atoms with Gasteiger partial charge in [0, 0.05) is 32.3 Å². The van der Waals surface area contributed by atoms with Crippen LogP contribution in [-0.2, 0) is 16.0 Å². The highest BCUT2D eigenvalue weighted by molar-refractivity contribution is 5.79. The summed E-state index contributed by atoms with van der Waals surface area (Å²) in [4.78, 5) is 28.4. The van der Waals surface area contributed by atoms with E-state index in [1.54, 1.807) is 0 Å². The molecule has 2 aromatic heterocycles. The number of imidazole rings is 1. The molecule has 6 nitrogen and oxygen atoms in total. The number of aromatic nitrogens is 2. The molecule has 2 N–H and O–H groups in total. The molecule has 140 valence electrons. The second-order valence-electron chi connectivity index (χ2n) is 6.67. The molecule has 1 aromatic carbocycles. The molecule has 3 rings (SSSR count). The molecular weight excluding hydrogens is 340 g/mol. The van der Waals surface area contributed by atoms with Crippen LogP contribution in [0, 0.1) is 6.92 Å². The lowest BCUT2D eigenvalue weighted by molar-refractivity contribution is -0.122. The first kappa shape index (κ1) is 18.6. The Morgan fingerprint density at radius 2 is 1.93 bits per heavy atom. The lowest BCUT2D eigenvalue weighted by atomic mass is 10.0. The summed E-state index contributed by atoms with van der Waals surface area (Å²) in [6, 6.07) is 13.4. The summed E-state index contributed by atoms with van der Waals surface area (Å²) in [6.07, 6.45) is 4.77. The number of amides is 2. The van der Waals surface area contributed by atoms with Crippen LogP contribution in [0.2, 0.25) is 0 Å². The highest BCUT2D eigenvalue weighted by Crippen LogP contribution is 2.17. The van der Waals surface area contributed by atoms with Crippen molar-refractivity contribution >= 4 is 17.5 Å². The molecule has 0 aliphatic rings. The molecule has 0 spiro atoms. The van der Waals surface area contributed by atoms with Gasteiger partial charge in [-0.1, -0.05) is 35.9 Å². The van der Waals surface area contributed by atoms with Crippen molar-refractivity contribution in [2.75, 3.05) is 6.54 Å². The van der Waals surface area contributed by atoms with Crippen LogP contribution < -0.4 is 10.6 Å². The van der Waals surface area contributed by atoms with Gasteiger partial charge >= 0.3 is 0 Å². The molecule has 0 bridgehead atoms. The van der Waals surface area contributed by atoms with Crippen molar-refractivity contribution in [1.82, 2.24) is 20.0 Å². The van der Waals surface area contributed by atoms with Crippen LogP contribution in [0.5, 0.6) is 0 Å². The van der Waals surface area contributed by atoms with Crippen molar-refractivity contribution in [3.63, 3.8) is 0 Å². The van der Waals surface area contributed by atoms with E-state index in [0.717, 1.165) is 22.5 Å². The van der Waals surface area contributed by atoms with Crippen LogP contribution >= 0.6 is 0 Å². The van der Waals surface area contributed by atoms with Gasteiger partial charge in [-0.05, 0) is 24.6 Å². The third kappa shape index (κ3) is 5.17. The molecule has 0 unspecified atom stereocenters. The van der Waals surface area contributed by atoms with Crippen molar-refractivity contribution in [3.8, 4) is 0 Å². The summed E-state index contributed by atoms with van der Waals surface area (Å²) >= 11 is 0. The van der Waals surface area contributed by atoms with Gasteiger partial charge in [-0.2, -0.15) is 0 Å². The Bertz CT molecular complexity index is 898. The standard InChI is InChI=1S/C21H24N4O2/c1-15-6-8-17(9-7-15)19(23-16(2)26)13-21(27)22-11-10-18-14-25-12-4-3-5-20(25)24-18/h3-9,12,14,19H,10-11,13H2,1-2H3,(H,22,27)(H,23,26)/t19-/m1/s1. The zero-order chi connectivity index (χ0) is 19.2. The van der Waals surface area contributed by atoms with Crippen molar-refractivity contribution in [2.45, 2.75) is 32.7 Å². The van der Waals surface area contributed by atoms with E-state index in [1.807, 2.05) is 66.2 Å². The Morgan fingerprint density at radius 3 is 2.63 bits per heavy atom. The van der Waals surface area contributed by atoms with Gasteiger partial charge in [0.05, 0.1) is 18.2 Å². The SMILES string of the molecule is CC(=O)N[C@H](CC(=O)NCCc1cn2ccccc2n1)c1ccc(C)cc1. The van der Waals surface area contributed by atoms with E-state index >= 15 is 0 Å². The number of carbonyl (C=O) groups excluding carboxylic acids is 2. The minimum absolute atomic E-state index is 0.0990. The molecule has 0 fully saturated rings. The van der Waals surface area contributed by atoms with Gasteiger partial charge in [0.1, 0.15) is 5.65 Å². The Morgan fingerprint density at radius 1 is 1.15 bits per heavy atom. The Kier molecular flexibility index (Phi) is 5.86. The molecule has 1 atom stereocenters. The van der Waals surface area contributed by atoms with Crippen LogP contribution in [0.15, 0.2) is 54.9 Å². The smallest absolute Gasteiger partial charge is 0.222 e. The fourth-order valence-electron chi connectivity index (χ4n) is 2.99. The maximum absolute atomic E-state index is 12.3. The molecule has 0 saturated heterocycles. The normalized spacial score (nSPS) is 11.9. The zero-order valence-electron chi connectivity index (χ0n) is 15.6. The van der Waals surface area contributed by atoms with E-state index in [4.69, 9.17) is 0 Å². The average Bonchev–Trinajstić information content (AvgIpc) is 3.04. The molecule has 2 amide bonds. The lowest BCUT2D eigenvalue weighted by Gasteiger charge is -2.18. The van der Waals surface area contributed by atoms with Gasteiger partial charge in [0.15, 0.2) is 0 Å². The minimum atomic E-state index is -0.335. The quantitative estimate of drug-likeness (QED) is 0.677. The van der Waals surface area contributed by atoms with Gasteiger partial charge in [0.25, 0.3) is 0 Å². The lowest BCUT2D eigenvalue weighted by Crippen LogP contribution is -2.33. The highest BCUT2D eigenvalue weighted by Gasteiger charge is 2.17. The minimum Gasteiger partial charge on any atom is -0.356 e. The van der Waals surface area contributed by atoms with Gasteiger partial charge in [-0.3, -0.25) is 9.59 Å². The number of nitrogens with one attached hydrogen (secondary N) is 2. The maximum atomic E-state index is 12.3. The Balaban J connectivity index is 1.55. The van der Waals surface area contributed by atoms with Crippen molar-refractivity contribution in [2.24, 2.45) is 0 Å². The van der Waals surface area contributed by atoms with Crippen LogP contribution in [0.25, 0.3) is 5.65 Å². The van der Waals surface area contributed by atoms with Crippen LogP contribution in [0.1, 0.15) is 36.2 Å². The van der Waals surface area contributed by atoms with Gasteiger partial charge in [0.2, 0.25) is 11.8 Å². The molecule has 0 aliphatic heterocycles. The van der Waals surface area contributed by atoms with E-state index in [0.29, 0.717) is 13.0 Å². The van der Waals surface area contributed by atoms with Gasteiger partial charge in [-0.15, -0.1) is 0 Å². The fourth-order valence-corrected chi connectivity index (χ4v) is 2.99. The van der Waals surface area contributed by atoms with E-state index in [2.05, 4.69) is 15.6 Å². The third-order valence-electron chi connectivity index (χ3n) is 4.36. The Hall–Kier alpha value is -3.15. The first-order valence-corrected chi connectivity index (χ1v) is 9.04. The van der Waals surface area contributed by atoms with Crippen molar-refractivity contribution < 1.29 is 9.59 Å². The summed E-state index contributed by atoms with van der Waals surface area (Å²) in [6.45, 7) is 3.97. The summed E-state index contributed by atoms with van der Waals surface area (Å²) in [5.41, 5.74) is 3.88. The maximum Gasteiger partial charge on any atom is 0.222 e. The molecular formula is C21H24N4O2. The van der Waals surface area contributed by atoms with E-state index < -0.39 is 0 Å².